The van der Waals surface area contributed by atoms with Gasteiger partial charge in [-0.05, 0) is 43.7 Å². The van der Waals surface area contributed by atoms with Crippen LogP contribution in [0.1, 0.15) is 40.0 Å². The van der Waals surface area contributed by atoms with Crippen molar-refractivity contribution in [3.05, 3.63) is 24.3 Å². The summed E-state index contributed by atoms with van der Waals surface area (Å²) in [5.74, 6) is 2.55. The third-order valence-corrected chi connectivity index (χ3v) is 3.99. The second kappa shape index (κ2) is 6.12. The van der Waals surface area contributed by atoms with Crippen LogP contribution in [0.5, 0.6) is 5.75 Å². The van der Waals surface area contributed by atoms with Crippen molar-refractivity contribution in [3.63, 3.8) is 0 Å². The second-order valence-corrected chi connectivity index (χ2v) is 5.58. The predicted octanol–water partition coefficient (Wildman–Crippen LogP) is 4.32. The Hall–Kier alpha value is -1.18. The minimum absolute atomic E-state index is 0.579. The molecule has 1 aromatic carbocycles. The fourth-order valence-electron chi connectivity index (χ4n) is 2.80. The van der Waals surface area contributed by atoms with Crippen molar-refractivity contribution in [2.45, 2.75) is 46.1 Å². The fourth-order valence-corrected chi connectivity index (χ4v) is 2.80. The molecule has 1 fully saturated rings. The predicted molar refractivity (Wildman–Crippen MR) is 77.2 cm³/mol. The fraction of sp³-hybridized carbons (Fsp3) is 0.625. The van der Waals surface area contributed by atoms with E-state index >= 15 is 0 Å². The third-order valence-electron chi connectivity index (χ3n) is 3.99. The van der Waals surface area contributed by atoms with Gasteiger partial charge in [-0.2, -0.15) is 0 Å². The van der Waals surface area contributed by atoms with E-state index in [0.29, 0.717) is 6.04 Å². The number of ether oxygens (including phenoxy) is 1. The monoisotopic (exact) mass is 247 g/mol. The largest absolute Gasteiger partial charge is 0.492 e. The molecule has 3 unspecified atom stereocenters. The average Bonchev–Trinajstić information content (AvgIpc) is 2.36. The molecule has 0 radical (unpaired) electrons. The zero-order chi connectivity index (χ0) is 13.0. The summed E-state index contributed by atoms with van der Waals surface area (Å²) >= 11 is 0. The zero-order valence-electron chi connectivity index (χ0n) is 11.8. The van der Waals surface area contributed by atoms with E-state index in [9.17, 15) is 0 Å². The molecule has 1 saturated carbocycles. The van der Waals surface area contributed by atoms with E-state index in [1.165, 1.54) is 19.3 Å². The van der Waals surface area contributed by atoms with Crippen LogP contribution in [0.4, 0.5) is 5.69 Å². The standard InChI is InChI=1S/C16H25NO/c1-4-18-16-8-6-5-7-14(16)17-15-11-12(2)9-10-13(15)3/h5-8,12-13,15,17H,4,9-11H2,1-3H3. The van der Waals surface area contributed by atoms with Crippen LogP contribution < -0.4 is 10.1 Å². The van der Waals surface area contributed by atoms with Crippen LogP contribution in [-0.4, -0.2) is 12.6 Å². The molecule has 1 aromatic rings. The first-order chi connectivity index (χ1) is 8.70. The summed E-state index contributed by atoms with van der Waals surface area (Å²) in [7, 11) is 0. The number of nitrogens with one attached hydrogen (secondary N) is 1. The summed E-state index contributed by atoms with van der Waals surface area (Å²) in [6.07, 6.45) is 3.96. The Labute approximate surface area is 111 Å². The maximum absolute atomic E-state index is 5.68. The van der Waals surface area contributed by atoms with Gasteiger partial charge in [0.15, 0.2) is 0 Å². The number of rotatable bonds is 4. The van der Waals surface area contributed by atoms with Gasteiger partial charge in [-0.25, -0.2) is 0 Å². The number of para-hydroxylation sites is 2. The van der Waals surface area contributed by atoms with Crippen molar-refractivity contribution in [1.29, 1.82) is 0 Å². The quantitative estimate of drug-likeness (QED) is 0.855. The van der Waals surface area contributed by atoms with Crippen LogP contribution in [0.15, 0.2) is 24.3 Å². The summed E-state index contributed by atoms with van der Waals surface area (Å²) in [6, 6.07) is 8.85. The van der Waals surface area contributed by atoms with E-state index in [4.69, 9.17) is 4.74 Å². The Morgan fingerprint density at radius 3 is 2.78 bits per heavy atom. The summed E-state index contributed by atoms with van der Waals surface area (Å²) < 4.78 is 5.68. The summed E-state index contributed by atoms with van der Waals surface area (Å²) in [4.78, 5) is 0. The number of hydrogen-bond donors (Lipinski definition) is 1. The van der Waals surface area contributed by atoms with Crippen molar-refractivity contribution in [1.82, 2.24) is 0 Å². The third kappa shape index (κ3) is 3.18. The summed E-state index contributed by atoms with van der Waals surface area (Å²) in [6.45, 7) is 7.46. The average molecular weight is 247 g/mol. The lowest BCUT2D eigenvalue weighted by Crippen LogP contribution is -2.33. The smallest absolute Gasteiger partial charge is 0.142 e. The maximum Gasteiger partial charge on any atom is 0.142 e. The number of hydrogen-bond acceptors (Lipinski definition) is 2. The molecular weight excluding hydrogens is 222 g/mol. The minimum atomic E-state index is 0.579. The van der Waals surface area contributed by atoms with Gasteiger partial charge in [-0.15, -0.1) is 0 Å². The van der Waals surface area contributed by atoms with Crippen molar-refractivity contribution in [2.24, 2.45) is 11.8 Å². The Bertz CT molecular complexity index is 377. The van der Waals surface area contributed by atoms with Gasteiger partial charge in [0.1, 0.15) is 5.75 Å². The SMILES string of the molecule is CCOc1ccccc1NC1CC(C)CCC1C. The molecular formula is C16H25NO. The maximum atomic E-state index is 5.68. The van der Waals surface area contributed by atoms with Gasteiger partial charge in [-0.3, -0.25) is 0 Å². The normalized spacial score (nSPS) is 27.8. The highest BCUT2D eigenvalue weighted by molar-refractivity contribution is 5.56. The molecule has 18 heavy (non-hydrogen) atoms. The van der Waals surface area contributed by atoms with Gasteiger partial charge in [0.2, 0.25) is 0 Å². The van der Waals surface area contributed by atoms with E-state index in [1.807, 2.05) is 19.1 Å². The van der Waals surface area contributed by atoms with Gasteiger partial charge < -0.3 is 10.1 Å². The first-order valence-electron chi connectivity index (χ1n) is 7.19. The highest BCUT2D eigenvalue weighted by atomic mass is 16.5. The molecule has 2 nitrogen and oxygen atoms in total. The van der Waals surface area contributed by atoms with E-state index in [1.54, 1.807) is 0 Å². The molecule has 3 atom stereocenters. The molecule has 1 aliphatic carbocycles. The Morgan fingerprint density at radius 1 is 1.22 bits per heavy atom. The first kappa shape index (κ1) is 13.3. The molecule has 0 saturated heterocycles. The Kier molecular flexibility index (Phi) is 4.51. The Balaban J connectivity index is 2.07. The summed E-state index contributed by atoms with van der Waals surface area (Å²) in [5.41, 5.74) is 1.14. The molecule has 100 valence electrons. The molecule has 0 bridgehead atoms. The van der Waals surface area contributed by atoms with E-state index < -0.39 is 0 Å². The van der Waals surface area contributed by atoms with E-state index in [2.05, 4.69) is 31.3 Å². The summed E-state index contributed by atoms with van der Waals surface area (Å²) in [5, 5.41) is 3.69. The molecule has 2 rings (SSSR count). The van der Waals surface area contributed by atoms with Crippen LogP contribution in [-0.2, 0) is 0 Å². The van der Waals surface area contributed by atoms with Gasteiger partial charge >= 0.3 is 0 Å². The van der Waals surface area contributed by atoms with Gasteiger partial charge in [0, 0.05) is 6.04 Å². The van der Waals surface area contributed by atoms with Crippen LogP contribution in [0.3, 0.4) is 0 Å². The number of anilines is 1. The van der Waals surface area contributed by atoms with Crippen LogP contribution in [0, 0.1) is 11.8 Å². The number of benzene rings is 1. The molecule has 1 aliphatic rings. The van der Waals surface area contributed by atoms with Crippen LogP contribution in [0.25, 0.3) is 0 Å². The highest BCUT2D eigenvalue weighted by Crippen LogP contribution is 2.33. The Morgan fingerprint density at radius 2 is 2.00 bits per heavy atom. The molecule has 0 amide bonds. The molecule has 0 spiro atoms. The van der Waals surface area contributed by atoms with Crippen LogP contribution >= 0.6 is 0 Å². The van der Waals surface area contributed by atoms with Gasteiger partial charge in [0.05, 0.1) is 12.3 Å². The minimum Gasteiger partial charge on any atom is -0.492 e. The van der Waals surface area contributed by atoms with Gasteiger partial charge in [0.25, 0.3) is 0 Å². The van der Waals surface area contributed by atoms with Crippen molar-refractivity contribution < 1.29 is 4.74 Å². The zero-order valence-corrected chi connectivity index (χ0v) is 11.8. The lowest BCUT2D eigenvalue weighted by Gasteiger charge is -2.34. The van der Waals surface area contributed by atoms with E-state index in [0.717, 1.165) is 29.9 Å². The van der Waals surface area contributed by atoms with E-state index in [-0.39, 0.29) is 0 Å². The topological polar surface area (TPSA) is 21.3 Å². The molecule has 0 aromatic heterocycles. The lowest BCUT2D eigenvalue weighted by molar-refractivity contribution is 0.279. The molecule has 0 heterocycles. The molecule has 1 N–H and O–H groups in total. The molecule has 2 heteroatoms. The highest BCUT2D eigenvalue weighted by Gasteiger charge is 2.25. The first-order valence-corrected chi connectivity index (χ1v) is 7.19. The second-order valence-electron chi connectivity index (χ2n) is 5.58. The van der Waals surface area contributed by atoms with Gasteiger partial charge in [-0.1, -0.05) is 32.4 Å². The van der Waals surface area contributed by atoms with Crippen molar-refractivity contribution >= 4 is 5.69 Å². The van der Waals surface area contributed by atoms with Crippen molar-refractivity contribution in [2.75, 3.05) is 11.9 Å². The molecule has 0 aliphatic heterocycles. The van der Waals surface area contributed by atoms with Crippen LogP contribution in [0.2, 0.25) is 0 Å². The lowest BCUT2D eigenvalue weighted by atomic mass is 9.80. The van der Waals surface area contributed by atoms with Crippen molar-refractivity contribution in [3.8, 4) is 5.75 Å².